The summed E-state index contributed by atoms with van der Waals surface area (Å²) in [6.07, 6.45) is 0. The summed E-state index contributed by atoms with van der Waals surface area (Å²) in [6.45, 7) is 1.95. The number of benzene rings is 3. The van der Waals surface area contributed by atoms with Crippen molar-refractivity contribution >= 4 is 11.6 Å². The predicted octanol–water partition coefficient (Wildman–Crippen LogP) is 4.65. The average Bonchev–Trinajstić information content (AvgIpc) is 3.32. The van der Waals surface area contributed by atoms with Crippen LogP contribution in [0.25, 0.3) is 11.4 Å². The van der Waals surface area contributed by atoms with Crippen LogP contribution in [0, 0.1) is 6.92 Å². The molecule has 0 aliphatic rings. The Hall–Kier alpha value is -4.33. The second kappa shape index (κ2) is 10.3. The van der Waals surface area contributed by atoms with E-state index in [0.717, 1.165) is 5.56 Å². The number of hydrogen-bond donors (Lipinski definition) is 1. The highest BCUT2D eigenvalue weighted by molar-refractivity contribution is 5.93. The summed E-state index contributed by atoms with van der Waals surface area (Å²) in [6, 6.07) is 22.0. The zero-order valence-electron chi connectivity index (χ0n) is 18.3. The fourth-order valence-corrected chi connectivity index (χ4v) is 3.06. The van der Waals surface area contributed by atoms with Crippen LogP contribution in [0.3, 0.4) is 0 Å². The van der Waals surface area contributed by atoms with Crippen molar-refractivity contribution in [2.24, 2.45) is 0 Å². The molecule has 1 aromatic heterocycles. The zero-order chi connectivity index (χ0) is 23.0. The highest BCUT2D eigenvalue weighted by Gasteiger charge is 2.15. The van der Waals surface area contributed by atoms with Crippen LogP contribution < -0.4 is 19.5 Å². The Morgan fingerprint density at radius 3 is 2.45 bits per heavy atom. The van der Waals surface area contributed by atoms with Crippen LogP contribution in [-0.2, 0) is 11.4 Å². The fraction of sp³-hybridized carbons (Fsp3) is 0.160. The number of methoxy groups -OCH3 is 1. The number of hydrogen-bond acceptors (Lipinski definition) is 7. The molecule has 0 saturated carbocycles. The highest BCUT2D eigenvalue weighted by Crippen LogP contribution is 2.28. The Balaban J connectivity index is 1.39. The number of aromatic nitrogens is 2. The first-order valence-electron chi connectivity index (χ1n) is 10.3. The maximum Gasteiger partial charge on any atom is 0.264 e. The minimum absolute atomic E-state index is 0.139. The van der Waals surface area contributed by atoms with Crippen molar-refractivity contribution in [2.75, 3.05) is 19.0 Å². The smallest absolute Gasteiger partial charge is 0.264 e. The minimum Gasteiger partial charge on any atom is -0.495 e. The maximum atomic E-state index is 12.4. The van der Waals surface area contributed by atoms with Crippen molar-refractivity contribution in [3.8, 4) is 28.6 Å². The molecule has 0 saturated heterocycles. The standard InChI is InChI=1S/C25H23N3O5/c1-17-11-13-18(14-12-17)31-16-24-27-25(28-33-24)19-7-3-5-9-21(19)32-15-23(29)26-20-8-4-6-10-22(20)30-2/h3-14H,15-16H2,1-2H3,(H,26,29). The summed E-state index contributed by atoms with van der Waals surface area (Å²) in [5.74, 6) is 2.09. The van der Waals surface area contributed by atoms with Gasteiger partial charge in [-0.25, -0.2) is 0 Å². The van der Waals surface area contributed by atoms with Crippen LogP contribution in [0.15, 0.2) is 77.3 Å². The molecule has 0 spiro atoms. The molecule has 4 rings (SSSR count). The van der Waals surface area contributed by atoms with Crippen molar-refractivity contribution in [2.45, 2.75) is 13.5 Å². The summed E-state index contributed by atoms with van der Waals surface area (Å²) in [5, 5.41) is 6.80. The van der Waals surface area contributed by atoms with Gasteiger partial charge in [0, 0.05) is 0 Å². The van der Waals surface area contributed by atoms with Gasteiger partial charge in [0.05, 0.1) is 18.4 Å². The number of ether oxygens (including phenoxy) is 3. The van der Waals surface area contributed by atoms with E-state index in [1.54, 1.807) is 37.4 Å². The van der Waals surface area contributed by atoms with Gasteiger partial charge in [0.1, 0.15) is 17.2 Å². The number of carbonyl (C=O) groups excluding carboxylic acids is 1. The molecule has 0 bridgehead atoms. The van der Waals surface area contributed by atoms with Gasteiger partial charge in [-0.3, -0.25) is 4.79 Å². The monoisotopic (exact) mass is 445 g/mol. The molecule has 168 valence electrons. The fourth-order valence-electron chi connectivity index (χ4n) is 3.06. The van der Waals surface area contributed by atoms with Gasteiger partial charge in [-0.2, -0.15) is 4.98 Å². The predicted molar refractivity (Wildman–Crippen MR) is 122 cm³/mol. The van der Waals surface area contributed by atoms with Gasteiger partial charge >= 0.3 is 0 Å². The second-order valence-corrected chi connectivity index (χ2v) is 7.15. The summed E-state index contributed by atoms with van der Waals surface area (Å²) in [5.41, 5.74) is 2.32. The zero-order valence-corrected chi connectivity index (χ0v) is 18.3. The van der Waals surface area contributed by atoms with Gasteiger partial charge < -0.3 is 24.1 Å². The molecule has 3 aromatic carbocycles. The first-order chi connectivity index (χ1) is 16.1. The van der Waals surface area contributed by atoms with Gasteiger partial charge in [0.2, 0.25) is 5.82 Å². The number of nitrogens with one attached hydrogen (secondary N) is 1. The van der Waals surface area contributed by atoms with Crippen molar-refractivity contribution in [1.82, 2.24) is 10.1 Å². The molecule has 0 atom stereocenters. The number of aryl methyl sites for hydroxylation is 1. The summed E-state index contributed by atoms with van der Waals surface area (Å²) in [7, 11) is 1.54. The van der Waals surface area contributed by atoms with Crippen molar-refractivity contribution < 1.29 is 23.5 Å². The summed E-state index contributed by atoms with van der Waals surface area (Å²) < 4.78 is 22.0. The number of anilines is 1. The topological polar surface area (TPSA) is 95.7 Å². The molecule has 4 aromatic rings. The molecule has 1 N–H and O–H groups in total. The molecule has 0 fully saturated rings. The molecule has 0 aliphatic heterocycles. The van der Waals surface area contributed by atoms with Crippen LogP contribution in [0.5, 0.6) is 17.2 Å². The molecule has 8 nitrogen and oxygen atoms in total. The quantitative estimate of drug-likeness (QED) is 0.401. The Bertz CT molecular complexity index is 1220. The Morgan fingerprint density at radius 1 is 0.939 bits per heavy atom. The number of para-hydroxylation sites is 3. The van der Waals surface area contributed by atoms with E-state index >= 15 is 0 Å². The number of rotatable bonds is 9. The van der Waals surface area contributed by atoms with Gasteiger partial charge in [-0.15, -0.1) is 0 Å². The van der Waals surface area contributed by atoms with E-state index < -0.39 is 0 Å². The normalized spacial score (nSPS) is 10.5. The molecule has 0 aliphatic carbocycles. The maximum absolute atomic E-state index is 12.4. The molecule has 1 amide bonds. The van der Waals surface area contributed by atoms with Crippen LogP contribution in [-0.4, -0.2) is 29.8 Å². The third-order valence-corrected chi connectivity index (χ3v) is 4.72. The van der Waals surface area contributed by atoms with Gasteiger partial charge in [-0.05, 0) is 43.3 Å². The first kappa shape index (κ1) is 21.9. The van der Waals surface area contributed by atoms with Crippen LogP contribution in [0.1, 0.15) is 11.5 Å². The third kappa shape index (κ3) is 5.68. The lowest BCUT2D eigenvalue weighted by molar-refractivity contribution is -0.118. The first-order valence-corrected chi connectivity index (χ1v) is 10.3. The average molecular weight is 445 g/mol. The van der Waals surface area contributed by atoms with Gasteiger partial charge in [-0.1, -0.05) is 47.1 Å². The van der Waals surface area contributed by atoms with E-state index in [0.29, 0.717) is 40.2 Å². The Kier molecular flexibility index (Phi) is 6.84. The second-order valence-electron chi connectivity index (χ2n) is 7.15. The van der Waals surface area contributed by atoms with E-state index in [2.05, 4.69) is 15.5 Å². The van der Waals surface area contributed by atoms with Crippen LogP contribution in [0.2, 0.25) is 0 Å². The largest absolute Gasteiger partial charge is 0.495 e. The molecule has 33 heavy (non-hydrogen) atoms. The van der Waals surface area contributed by atoms with E-state index in [4.69, 9.17) is 18.7 Å². The third-order valence-electron chi connectivity index (χ3n) is 4.72. The summed E-state index contributed by atoms with van der Waals surface area (Å²) >= 11 is 0. The minimum atomic E-state index is -0.324. The number of amides is 1. The van der Waals surface area contributed by atoms with Crippen LogP contribution in [0.4, 0.5) is 5.69 Å². The lowest BCUT2D eigenvalue weighted by Gasteiger charge is -2.11. The molecule has 1 heterocycles. The summed E-state index contributed by atoms with van der Waals surface area (Å²) in [4.78, 5) is 16.8. The van der Waals surface area contributed by atoms with E-state index in [1.807, 2.05) is 49.4 Å². The molecule has 0 radical (unpaired) electrons. The molecule has 8 heteroatoms. The Labute approximate surface area is 191 Å². The van der Waals surface area contributed by atoms with Crippen LogP contribution >= 0.6 is 0 Å². The van der Waals surface area contributed by atoms with E-state index in [9.17, 15) is 4.79 Å². The highest BCUT2D eigenvalue weighted by atomic mass is 16.5. The molecular formula is C25H23N3O5. The van der Waals surface area contributed by atoms with E-state index in [-0.39, 0.29) is 19.1 Å². The lowest BCUT2D eigenvalue weighted by Crippen LogP contribution is -2.20. The van der Waals surface area contributed by atoms with Gasteiger partial charge in [0.25, 0.3) is 11.8 Å². The van der Waals surface area contributed by atoms with Crippen molar-refractivity contribution in [3.63, 3.8) is 0 Å². The van der Waals surface area contributed by atoms with Crippen molar-refractivity contribution in [1.29, 1.82) is 0 Å². The van der Waals surface area contributed by atoms with Crippen molar-refractivity contribution in [3.05, 3.63) is 84.3 Å². The Morgan fingerprint density at radius 2 is 1.67 bits per heavy atom. The van der Waals surface area contributed by atoms with E-state index in [1.165, 1.54) is 0 Å². The molecular weight excluding hydrogens is 422 g/mol. The SMILES string of the molecule is COc1ccccc1NC(=O)COc1ccccc1-c1noc(COc2ccc(C)cc2)n1. The number of carbonyl (C=O) groups is 1. The van der Waals surface area contributed by atoms with Gasteiger partial charge in [0.15, 0.2) is 13.2 Å². The number of nitrogens with zero attached hydrogens (tertiary/aromatic N) is 2. The lowest BCUT2D eigenvalue weighted by atomic mass is 10.2. The molecule has 0 unspecified atom stereocenters.